The second kappa shape index (κ2) is 7.04. The first-order valence-corrected chi connectivity index (χ1v) is 6.93. The number of hydrogen-bond acceptors (Lipinski definition) is 5. The maximum atomic E-state index is 5.49. The molecule has 0 saturated heterocycles. The van der Waals surface area contributed by atoms with Crippen molar-refractivity contribution in [3.05, 3.63) is 47.4 Å². The van der Waals surface area contributed by atoms with Crippen molar-refractivity contribution in [3.8, 4) is 11.6 Å². The Kier molecular flexibility index (Phi) is 5.11. The summed E-state index contributed by atoms with van der Waals surface area (Å²) >= 11 is 0. The highest BCUT2D eigenvalue weighted by atomic mass is 16.5. The minimum atomic E-state index is -0.0678. The van der Waals surface area contributed by atoms with Crippen molar-refractivity contribution in [3.63, 3.8) is 0 Å². The lowest BCUT2D eigenvalue weighted by molar-refractivity contribution is 0.392. The molecule has 2 aromatic rings. The van der Waals surface area contributed by atoms with Gasteiger partial charge in [-0.25, -0.2) is 9.97 Å². The molecule has 5 nitrogen and oxygen atoms in total. The first-order valence-electron chi connectivity index (χ1n) is 6.93. The summed E-state index contributed by atoms with van der Waals surface area (Å²) in [5.74, 6) is 1.39. The van der Waals surface area contributed by atoms with E-state index in [0.717, 1.165) is 23.6 Å². The van der Waals surface area contributed by atoms with Crippen molar-refractivity contribution in [2.24, 2.45) is 0 Å². The molecular formula is C16H21N3O2. The molecule has 0 spiro atoms. The van der Waals surface area contributed by atoms with Gasteiger partial charge in [0.25, 0.3) is 0 Å². The Morgan fingerprint density at radius 3 is 2.62 bits per heavy atom. The number of aromatic nitrogens is 2. The molecule has 1 aromatic heterocycles. The third kappa shape index (κ3) is 3.49. The molecule has 1 heterocycles. The Balaban J connectivity index is 2.49. The van der Waals surface area contributed by atoms with E-state index in [0.29, 0.717) is 5.88 Å². The summed E-state index contributed by atoms with van der Waals surface area (Å²) in [5, 5.41) is 3.44. The number of rotatable bonds is 6. The molecule has 5 heteroatoms. The van der Waals surface area contributed by atoms with Crippen molar-refractivity contribution in [2.75, 3.05) is 20.8 Å². The second-order valence-electron chi connectivity index (χ2n) is 4.72. The number of nitrogens with one attached hydrogen (secondary N) is 1. The van der Waals surface area contributed by atoms with E-state index >= 15 is 0 Å². The predicted molar refractivity (Wildman–Crippen MR) is 81.8 cm³/mol. The first kappa shape index (κ1) is 15.3. The smallest absolute Gasteiger partial charge is 0.216 e. The van der Waals surface area contributed by atoms with Crippen LogP contribution in [-0.4, -0.2) is 30.7 Å². The van der Waals surface area contributed by atoms with Crippen LogP contribution in [0.2, 0.25) is 0 Å². The fourth-order valence-corrected chi connectivity index (χ4v) is 2.28. The average molecular weight is 287 g/mol. The van der Waals surface area contributed by atoms with E-state index in [-0.39, 0.29) is 6.04 Å². The molecule has 1 unspecified atom stereocenters. The largest absolute Gasteiger partial charge is 0.496 e. The van der Waals surface area contributed by atoms with E-state index in [2.05, 4.69) is 35.2 Å². The quantitative estimate of drug-likeness (QED) is 0.884. The number of methoxy groups -OCH3 is 2. The van der Waals surface area contributed by atoms with Crippen LogP contribution in [0.1, 0.15) is 29.8 Å². The lowest BCUT2D eigenvalue weighted by atomic mass is 10.00. The van der Waals surface area contributed by atoms with Gasteiger partial charge in [0.1, 0.15) is 12.1 Å². The average Bonchev–Trinajstić information content (AvgIpc) is 2.52. The molecule has 0 fully saturated rings. The molecular weight excluding hydrogens is 266 g/mol. The van der Waals surface area contributed by atoms with Crippen LogP contribution in [0, 0.1) is 6.92 Å². The Bertz CT molecular complexity index is 602. The van der Waals surface area contributed by atoms with Crippen LogP contribution in [0.3, 0.4) is 0 Å². The van der Waals surface area contributed by atoms with Gasteiger partial charge in [-0.05, 0) is 19.5 Å². The van der Waals surface area contributed by atoms with Gasteiger partial charge in [-0.1, -0.05) is 24.6 Å². The van der Waals surface area contributed by atoms with E-state index in [1.165, 1.54) is 11.9 Å². The summed E-state index contributed by atoms with van der Waals surface area (Å²) in [7, 11) is 3.28. The normalized spacial score (nSPS) is 12.0. The molecule has 2 rings (SSSR count). The molecule has 0 aliphatic carbocycles. The van der Waals surface area contributed by atoms with Crippen LogP contribution in [0.25, 0.3) is 0 Å². The zero-order valence-corrected chi connectivity index (χ0v) is 12.9. The minimum Gasteiger partial charge on any atom is -0.496 e. The van der Waals surface area contributed by atoms with Gasteiger partial charge in [-0.3, -0.25) is 0 Å². The highest BCUT2D eigenvalue weighted by molar-refractivity contribution is 5.42. The molecule has 1 N–H and O–H groups in total. The van der Waals surface area contributed by atoms with Gasteiger partial charge in [-0.2, -0.15) is 0 Å². The SMILES string of the molecule is CCNC(c1cc(OC)ncn1)c1cc(C)ccc1OC. The molecule has 0 radical (unpaired) electrons. The Morgan fingerprint density at radius 2 is 1.95 bits per heavy atom. The highest BCUT2D eigenvalue weighted by Crippen LogP contribution is 2.30. The van der Waals surface area contributed by atoms with Crippen molar-refractivity contribution in [1.29, 1.82) is 0 Å². The summed E-state index contributed by atoms with van der Waals surface area (Å²) in [6, 6.07) is 7.90. The van der Waals surface area contributed by atoms with E-state index in [9.17, 15) is 0 Å². The van der Waals surface area contributed by atoms with Gasteiger partial charge in [-0.15, -0.1) is 0 Å². The topological polar surface area (TPSA) is 56.3 Å². The Hall–Kier alpha value is -2.14. The van der Waals surface area contributed by atoms with Gasteiger partial charge < -0.3 is 14.8 Å². The highest BCUT2D eigenvalue weighted by Gasteiger charge is 2.19. The summed E-state index contributed by atoms with van der Waals surface area (Å²) in [6.45, 7) is 4.94. The molecule has 1 atom stereocenters. The lowest BCUT2D eigenvalue weighted by Crippen LogP contribution is -2.23. The zero-order valence-electron chi connectivity index (χ0n) is 12.9. The zero-order chi connectivity index (χ0) is 15.2. The molecule has 1 aromatic carbocycles. The molecule has 0 aliphatic rings. The van der Waals surface area contributed by atoms with Crippen LogP contribution < -0.4 is 14.8 Å². The number of hydrogen-bond donors (Lipinski definition) is 1. The van der Waals surface area contributed by atoms with Crippen LogP contribution >= 0.6 is 0 Å². The Labute approximate surface area is 125 Å². The fraction of sp³-hybridized carbons (Fsp3) is 0.375. The van der Waals surface area contributed by atoms with Crippen molar-refractivity contribution >= 4 is 0 Å². The maximum absolute atomic E-state index is 5.49. The van der Waals surface area contributed by atoms with Crippen LogP contribution in [0.15, 0.2) is 30.6 Å². The lowest BCUT2D eigenvalue weighted by Gasteiger charge is -2.21. The molecule has 0 saturated carbocycles. The standard InChI is InChI=1S/C16H21N3O2/c1-5-17-16(13-9-15(21-4)19-10-18-13)12-8-11(2)6-7-14(12)20-3/h6-10,16-17H,5H2,1-4H3. The molecule has 0 amide bonds. The Morgan fingerprint density at radius 1 is 1.14 bits per heavy atom. The third-order valence-corrected chi connectivity index (χ3v) is 3.27. The van der Waals surface area contributed by atoms with Gasteiger partial charge >= 0.3 is 0 Å². The van der Waals surface area contributed by atoms with E-state index < -0.39 is 0 Å². The summed E-state index contributed by atoms with van der Waals surface area (Å²) in [6.07, 6.45) is 1.51. The number of ether oxygens (including phenoxy) is 2. The van der Waals surface area contributed by atoms with Gasteiger partial charge in [0, 0.05) is 11.6 Å². The monoisotopic (exact) mass is 287 g/mol. The molecule has 112 valence electrons. The van der Waals surface area contributed by atoms with E-state index in [1.54, 1.807) is 14.2 Å². The van der Waals surface area contributed by atoms with Gasteiger partial charge in [0.05, 0.1) is 26.0 Å². The van der Waals surface area contributed by atoms with Gasteiger partial charge in [0.2, 0.25) is 5.88 Å². The molecule has 0 bridgehead atoms. The predicted octanol–water partition coefficient (Wildman–Crippen LogP) is 2.50. The van der Waals surface area contributed by atoms with Crippen LogP contribution in [0.4, 0.5) is 0 Å². The summed E-state index contributed by atoms with van der Waals surface area (Å²) in [5.41, 5.74) is 3.09. The molecule has 21 heavy (non-hydrogen) atoms. The maximum Gasteiger partial charge on any atom is 0.216 e. The fourth-order valence-electron chi connectivity index (χ4n) is 2.28. The van der Waals surface area contributed by atoms with E-state index in [4.69, 9.17) is 9.47 Å². The van der Waals surface area contributed by atoms with Crippen molar-refractivity contribution < 1.29 is 9.47 Å². The number of nitrogens with zero attached hydrogens (tertiary/aromatic N) is 2. The van der Waals surface area contributed by atoms with Crippen molar-refractivity contribution in [2.45, 2.75) is 19.9 Å². The van der Waals surface area contributed by atoms with Crippen LogP contribution in [-0.2, 0) is 0 Å². The minimum absolute atomic E-state index is 0.0678. The molecule has 0 aliphatic heterocycles. The third-order valence-electron chi connectivity index (χ3n) is 3.27. The number of aryl methyl sites for hydroxylation is 1. The van der Waals surface area contributed by atoms with Gasteiger partial charge in [0.15, 0.2) is 0 Å². The van der Waals surface area contributed by atoms with Crippen molar-refractivity contribution in [1.82, 2.24) is 15.3 Å². The number of benzene rings is 1. The van der Waals surface area contributed by atoms with E-state index in [1.807, 2.05) is 18.2 Å². The summed E-state index contributed by atoms with van der Waals surface area (Å²) < 4.78 is 10.7. The van der Waals surface area contributed by atoms with Crippen LogP contribution in [0.5, 0.6) is 11.6 Å². The second-order valence-corrected chi connectivity index (χ2v) is 4.72. The first-order chi connectivity index (χ1) is 10.2. The summed E-state index contributed by atoms with van der Waals surface area (Å²) in [4.78, 5) is 8.44.